The normalized spacial score (nSPS) is 11.8. The van der Waals surface area contributed by atoms with E-state index in [0.29, 0.717) is 0 Å². The Kier molecular flexibility index (Phi) is 2.93. The molecule has 1 heterocycles. The van der Waals surface area contributed by atoms with Crippen LogP contribution in [0.25, 0.3) is 22.0 Å². The van der Waals surface area contributed by atoms with E-state index in [1.165, 1.54) is 12.1 Å². The van der Waals surface area contributed by atoms with Crippen LogP contribution < -0.4 is 0 Å². The molecule has 0 atom stereocenters. The number of pyridine rings is 1. The first kappa shape index (κ1) is 12.7. The largest absolute Gasteiger partial charge is 0.416 e. The zero-order chi connectivity index (χ0) is 14.2. The highest BCUT2D eigenvalue weighted by atomic mass is 19.4. The van der Waals surface area contributed by atoms with Crippen molar-refractivity contribution in [2.24, 2.45) is 0 Å². The molecular weight excluding hydrogens is 263 g/mol. The van der Waals surface area contributed by atoms with Crippen LogP contribution in [0.2, 0.25) is 0 Å². The van der Waals surface area contributed by atoms with Crippen molar-refractivity contribution >= 4 is 10.9 Å². The number of nitrogens with zero attached hydrogens (tertiary/aromatic N) is 1. The van der Waals surface area contributed by atoms with Gasteiger partial charge in [0.2, 0.25) is 0 Å². The van der Waals surface area contributed by atoms with E-state index < -0.39 is 11.7 Å². The molecule has 0 aliphatic heterocycles. The number of aromatic nitrogens is 1. The molecule has 4 heteroatoms. The molecule has 0 aliphatic carbocycles. The van der Waals surface area contributed by atoms with Crippen LogP contribution in [0.4, 0.5) is 13.2 Å². The van der Waals surface area contributed by atoms with Gasteiger partial charge in [0.05, 0.1) is 11.1 Å². The highest BCUT2D eigenvalue weighted by Gasteiger charge is 2.29. The van der Waals surface area contributed by atoms with E-state index in [2.05, 4.69) is 4.98 Å². The average molecular weight is 273 g/mol. The lowest BCUT2D eigenvalue weighted by Crippen LogP contribution is -2.03. The Balaban J connectivity index is 2.02. The quantitative estimate of drug-likeness (QED) is 0.613. The number of halogens is 3. The van der Waals surface area contributed by atoms with Gasteiger partial charge in [-0.2, -0.15) is 13.2 Å². The summed E-state index contributed by atoms with van der Waals surface area (Å²) in [6.07, 6.45) is -2.63. The second kappa shape index (κ2) is 4.63. The third-order valence-electron chi connectivity index (χ3n) is 3.14. The van der Waals surface area contributed by atoms with Gasteiger partial charge in [0.15, 0.2) is 0 Å². The number of rotatable bonds is 1. The van der Waals surface area contributed by atoms with Crippen LogP contribution >= 0.6 is 0 Å². The summed E-state index contributed by atoms with van der Waals surface area (Å²) in [4.78, 5) is 4.31. The average Bonchev–Trinajstić information content (AvgIpc) is 2.46. The number of hydrogen-bond acceptors (Lipinski definition) is 1. The molecule has 0 aliphatic rings. The summed E-state index contributed by atoms with van der Waals surface area (Å²) < 4.78 is 37.6. The van der Waals surface area contributed by atoms with Gasteiger partial charge < -0.3 is 0 Å². The molecule has 2 aromatic carbocycles. The number of benzene rings is 2. The van der Waals surface area contributed by atoms with Gasteiger partial charge in [0.25, 0.3) is 0 Å². The van der Waals surface area contributed by atoms with E-state index in [1.807, 2.05) is 30.3 Å². The Bertz CT molecular complexity index is 746. The fourth-order valence-electron chi connectivity index (χ4n) is 2.08. The number of para-hydroxylation sites is 1. The van der Waals surface area contributed by atoms with Crippen LogP contribution in [-0.2, 0) is 6.18 Å². The smallest absolute Gasteiger partial charge is 0.256 e. The summed E-state index contributed by atoms with van der Waals surface area (Å²) in [5.41, 5.74) is 1.74. The molecule has 1 aromatic heterocycles. The van der Waals surface area contributed by atoms with Crippen LogP contribution in [0.1, 0.15) is 5.56 Å². The fraction of sp³-hybridized carbons (Fsp3) is 0.0625. The standard InChI is InChI=1S/C16H10F3N/c17-16(18,19)14-7-5-11(6-8-14)13-9-12-3-1-2-4-15(12)20-10-13/h1-10H. The van der Waals surface area contributed by atoms with Gasteiger partial charge in [-0.3, -0.25) is 4.98 Å². The van der Waals surface area contributed by atoms with Crippen molar-refractivity contribution in [3.8, 4) is 11.1 Å². The predicted octanol–water partition coefficient (Wildman–Crippen LogP) is 4.92. The molecule has 3 rings (SSSR count). The molecule has 20 heavy (non-hydrogen) atoms. The molecule has 0 fully saturated rings. The first-order chi connectivity index (χ1) is 9.54. The zero-order valence-electron chi connectivity index (χ0n) is 10.4. The lowest BCUT2D eigenvalue weighted by molar-refractivity contribution is -0.137. The van der Waals surface area contributed by atoms with Gasteiger partial charge in [-0.15, -0.1) is 0 Å². The van der Waals surface area contributed by atoms with E-state index in [4.69, 9.17) is 0 Å². The summed E-state index contributed by atoms with van der Waals surface area (Å²) in [7, 11) is 0. The van der Waals surface area contributed by atoms with Crippen molar-refractivity contribution in [1.82, 2.24) is 4.98 Å². The van der Waals surface area contributed by atoms with E-state index in [-0.39, 0.29) is 0 Å². The Morgan fingerprint density at radius 2 is 1.50 bits per heavy atom. The minimum Gasteiger partial charge on any atom is -0.256 e. The molecule has 0 bridgehead atoms. The van der Waals surface area contributed by atoms with Gasteiger partial charge in [-0.25, -0.2) is 0 Å². The van der Waals surface area contributed by atoms with Crippen molar-refractivity contribution < 1.29 is 13.2 Å². The van der Waals surface area contributed by atoms with Crippen LogP contribution in [-0.4, -0.2) is 4.98 Å². The SMILES string of the molecule is FC(F)(F)c1ccc(-c2cnc3ccccc3c2)cc1. The van der Waals surface area contributed by atoms with Gasteiger partial charge in [-0.1, -0.05) is 30.3 Å². The van der Waals surface area contributed by atoms with E-state index in [0.717, 1.165) is 34.2 Å². The predicted molar refractivity (Wildman–Crippen MR) is 72.2 cm³/mol. The zero-order valence-corrected chi connectivity index (χ0v) is 10.4. The molecule has 0 N–H and O–H groups in total. The number of hydrogen-bond donors (Lipinski definition) is 0. The number of fused-ring (bicyclic) bond motifs is 1. The minimum absolute atomic E-state index is 0.644. The number of alkyl halides is 3. The Labute approximate surface area is 113 Å². The first-order valence-corrected chi connectivity index (χ1v) is 6.06. The van der Waals surface area contributed by atoms with Crippen LogP contribution in [0, 0.1) is 0 Å². The molecule has 100 valence electrons. The van der Waals surface area contributed by atoms with Crippen LogP contribution in [0.5, 0.6) is 0 Å². The van der Waals surface area contributed by atoms with Crippen molar-refractivity contribution in [1.29, 1.82) is 0 Å². The summed E-state index contributed by atoms with van der Waals surface area (Å²) in [5.74, 6) is 0. The molecular formula is C16H10F3N. The van der Waals surface area contributed by atoms with Crippen molar-refractivity contribution in [3.05, 3.63) is 66.4 Å². The fourth-order valence-corrected chi connectivity index (χ4v) is 2.08. The summed E-state index contributed by atoms with van der Waals surface area (Å²) in [6, 6.07) is 14.7. The van der Waals surface area contributed by atoms with Crippen molar-refractivity contribution in [2.45, 2.75) is 6.18 Å². The van der Waals surface area contributed by atoms with Crippen LogP contribution in [0.15, 0.2) is 60.8 Å². The molecule has 0 spiro atoms. The van der Waals surface area contributed by atoms with E-state index in [9.17, 15) is 13.2 Å². The maximum Gasteiger partial charge on any atom is 0.416 e. The van der Waals surface area contributed by atoms with Gasteiger partial charge in [0.1, 0.15) is 0 Å². The molecule has 0 radical (unpaired) electrons. The summed E-state index contributed by atoms with van der Waals surface area (Å²) in [6.45, 7) is 0. The maximum atomic E-state index is 12.5. The third kappa shape index (κ3) is 2.37. The van der Waals surface area contributed by atoms with Crippen molar-refractivity contribution in [2.75, 3.05) is 0 Å². The van der Waals surface area contributed by atoms with E-state index >= 15 is 0 Å². The van der Waals surface area contributed by atoms with Gasteiger partial charge >= 0.3 is 6.18 Å². The van der Waals surface area contributed by atoms with Crippen molar-refractivity contribution in [3.63, 3.8) is 0 Å². The van der Waals surface area contributed by atoms with Crippen LogP contribution in [0.3, 0.4) is 0 Å². The molecule has 1 nitrogen and oxygen atoms in total. The second-order valence-corrected chi connectivity index (χ2v) is 4.49. The highest BCUT2D eigenvalue weighted by molar-refractivity contribution is 5.83. The topological polar surface area (TPSA) is 12.9 Å². The van der Waals surface area contributed by atoms with Gasteiger partial charge in [-0.05, 0) is 29.8 Å². The summed E-state index contributed by atoms with van der Waals surface area (Å²) in [5, 5.41) is 0.963. The molecule has 0 saturated carbocycles. The Morgan fingerprint density at radius 1 is 0.800 bits per heavy atom. The molecule has 0 unspecified atom stereocenters. The lowest BCUT2D eigenvalue weighted by atomic mass is 10.0. The highest BCUT2D eigenvalue weighted by Crippen LogP contribution is 2.31. The summed E-state index contributed by atoms with van der Waals surface area (Å²) >= 11 is 0. The van der Waals surface area contributed by atoms with Gasteiger partial charge in [0, 0.05) is 17.1 Å². The van der Waals surface area contributed by atoms with E-state index in [1.54, 1.807) is 6.20 Å². The molecule has 3 aromatic rings. The first-order valence-electron chi connectivity index (χ1n) is 6.06. The monoisotopic (exact) mass is 273 g/mol. The minimum atomic E-state index is -4.31. The Morgan fingerprint density at radius 3 is 2.20 bits per heavy atom. The second-order valence-electron chi connectivity index (χ2n) is 4.49. The molecule has 0 saturated heterocycles. The molecule has 0 amide bonds. The Hall–Kier alpha value is -2.36. The third-order valence-corrected chi connectivity index (χ3v) is 3.14. The lowest BCUT2D eigenvalue weighted by Gasteiger charge is -2.08. The maximum absolute atomic E-state index is 12.5.